The van der Waals surface area contributed by atoms with Crippen LogP contribution >= 0.6 is 0 Å². The fourth-order valence-corrected chi connectivity index (χ4v) is 3.07. The van der Waals surface area contributed by atoms with Crippen molar-refractivity contribution in [2.45, 2.75) is 4.90 Å². The van der Waals surface area contributed by atoms with E-state index in [2.05, 4.69) is 16.6 Å². The Morgan fingerprint density at radius 2 is 1.86 bits per heavy atom. The summed E-state index contributed by atoms with van der Waals surface area (Å²) in [5.41, 5.74) is -0.0940. The average molecular weight is 410 g/mol. The smallest absolute Gasteiger partial charge is 0.338 e. The predicted molar refractivity (Wildman–Crippen MR) is 97.1 cm³/mol. The van der Waals surface area contributed by atoms with E-state index in [-0.39, 0.29) is 22.7 Å². The van der Waals surface area contributed by atoms with Gasteiger partial charge in [0.25, 0.3) is 5.91 Å². The van der Waals surface area contributed by atoms with Gasteiger partial charge in [0.1, 0.15) is 0 Å². The molecular formula is C18H16F2N2O5S. The molecule has 0 spiro atoms. The van der Waals surface area contributed by atoms with Crippen LogP contribution in [-0.2, 0) is 19.6 Å². The zero-order valence-corrected chi connectivity index (χ0v) is 15.3. The first kappa shape index (κ1) is 21.2. The molecule has 0 aliphatic rings. The molecule has 0 aliphatic carbocycles. The standard InChI is InChI=1S/C18H16F2N2O5S/c1-2-8-21-28(25,26)14-5-3-4-12(9-14)18(24)27-11-17(23)22-13-6-7-15(19)16(20)10-13/h2-7,9-10,21H,1,8,11H2,(H,22,23). The SMILES string of the molecule is C=CCNS(=O)(=O)c1cccc(C(=O)OCC(=O)Nc2ccc(F)c(F)c2)c1. The van der Waals surface area contributed by atoms with Crippen molar-refractivity contribution in [1.29, 1.82) is 0 Å². The third kappa shape index (κ3) is 5.69. The summed E-state index contributed by atoms with van der Waals surface area (Å²) in [5.74, 6) is -3.92. The maximum atomic E-state index is 13.1. The summed E-state index contributed by atoms with van der Waals surface area (Å²) in [5, 5.41) is 2.24. The molecule has 148 valence electrons. The largest absolute Gasteiger partial charge is 0.452 e. The highest BCUT2D eigenvalue weighted by Gasteiger charge is 2.17. The molecule has 0 fully saturated rings. The number of hydrogen-bond donors (Lipinski definition) is 2. The van der Waals surface area contributed by atoms with Crippen LogP contribution in [0.3, 0.4) is 0 Å². The molecule has 0 unspecified atom stereocenters. The van der Waals surface area contributed by atoms with Crippen LogP contribution in [0.1, 0.15) is 10.4 Å². The molecule has 0 heterocycles. The van der Waals surface area contributed by atoms with Gasteiger partial charge in [-0.25, -0.2) is 26.7 Å². The van der Waals surface area contributed by atoms with Crippen molar-refractivity contribution in [2.24, 2.45) is 0 Å². The first-order valence-corrected chi connectivity index (χ1v) is 9.34. The number of anilines is 1. The second-order valence-electron chi connectivity index (χ2n) is 5.42. The molecule has 10 heteroatoms. The summed E-state index contributed by atoms with van der Waals surface area (Å²) >= 11 is 0. The third-order valence-corrected chi connectivity index (χ3v) is 4.76. The number of hydrogen-bond acceptors (Lipinski definition) is 5. The average Bonchev–Trinajstić information content (AvgIpc) is 2.67. The summed E-state index contributed by atoms with van der Waals surface area (Å²) in [7, 11) is -3.83. The van der Waals surface area contributed by atoms with Gasteiger partial charge >= 0.3 is 5.97 Å². The normalized spacial score (nSPS) is 10.9. The minimum absolute atomic E-state index is 0.0127. The summed E-state index contributed by atoms with van der Waals surface area (Å²) in [4.78, 5) is 23.7. The highest BCUT2D eigenvalue weighted by molar-refractivity contribution is 7.89. The highest BCUT2D eigenvalue weighted by Crippen LogP contribution is 2.14. The first-order chi connectivity index (χ1) is 13.2. The number of carbonyl (C=O) groups excluding carboxylic acids is 2. The number of rotatable bonds is 8. The number of sulfonamides is 1. The number of esters is 1. The molecule has 2 N–H and O–H groups in total. The molecule has 0 aromatic heterocycles. The molecule has 0 saturated heterocycles. The van der Waals surface area contributed by atoms with Gasteiger partial charge in [-0.3, -0.25) is 4.79 Å². The number of halogens is 2. The van der Waals surface area contributed by atoms with Crippen LogP contribution in [0, 0.1) is 11.6 Å². The molecule has 0 aliphatic heterocycles. The van der Waals surface area contributed by atoms with Crippen molar-refractivity contribution in [3.63, 3.8) is 0 Å². The fourth-order valence-electron chi connectivity index (χ4n) is 2.03. The summed E-state index contributed by atoms with van der Waals surface area (Å²) in [6.07, 6.45) is 1.36. The van der Waals surface area contributed by atoms with Crippen molar-refractivity contribution >= 4 is 27.6 Å². The molecule has 0 saturated carbocycles. The van der Waals surface area contributed by atoms with Crippen LogP contribution in [0.4, 0.5) is 14.5 Å². The zero-order chi connectivity index (χ0) is 20.7. The van der Waals surface area contributed by atoms with Gasteiger partial charge in [0.15, 0.2) is 18.2 Å². The monoisotopic (exact) mass is 410 g/mol. The Bertz CT molecular complexity index is 1010. The lowest BCUT2D eigenvalue weighted by Crippen LogP contribution is -2.24. The number of amides is 1. The van der Waals surface area contributed by atoms with Crippen LogP contribution in [0.5, 0.6) is 0 Å². The van der Waals surface area contributed by atoms with E-state index in [1.807, 2.05) is 0 Å². The Morgan fingerprint density at radius 3 is 2.54 bits per heavy atom. The molecule has 2 aromatic carbocycles. The van der Waals surface area contributed by atoms with E-state index in [0.29, 0.717) is 0 Å². The van der Waals surface area contributed by atoms with Crippen molar-refractivity contribution in [2.75, 3.05) is 18.5 Å². The Morgan fingerprint density at radius 1 is 1.11 bits per heavy atom. The van der Waals surface area contributed by atoms with Crippen LogP contribution in [-0.4, -0.2) is 33.4 Å². The van der Waals surface area contributed by atoms with Crippen molar-refractivity contribution in [3.05, 3.63) is 72.3 Å². The quantitative estimate of drug-likeness (QED) is 0.513. The van der Waals surface area contributed by atoms with Gasteiger partial charge in [0, 0.05) is 18.3 Å². The van der Waals surface area contributed by atoms with Crippen molar-refractivity contribution < 1.29 is 31.5 Å². The Balaban J connectivity index is 1.99. The van der Waals surface area contributed by atoms with E-state index >= 15 is 0 Å². The van der Waals surface area contributed by atoms with Gasteiger partial charge in [0.05, 0.1) is 10.5 Å². The molecule has 2 aromatic rings. The zero-order valence-electron chi connectivity index (χ0n) is 14.4. The Kier molecular flexibility index (Phi) is 6.96. The molecule has 7 nitrogen and oxygen atoms in total. The highest BCUT2D eigenvalue weighted by atomic mass is 32.2. The lowest BCUT2D eigenvalue weighted by molar-refractivity contribution is -0.119. The molecule has 1 amide bonds. The second kappa shape index (κ2) is 9.20. The third-order valence-electron chi connectivity index (χ3n) is 3.34. The maximum Gasteiger partial charge on any atom is 0.338 e. The van der Waals surface area contributed by atoms with Crippen LogP contribution in [0.15, 0.2) is 60.0 Å². The number of nitrogens with one attached hydrogen (secondary N) is 2. The fraction of sp³-hybridized carbons (Fsp3) is 0.111. The molecule has 0 atom stereocenters. The van der Waals surface area contributed by atoms with E-state index < -0.39 is 40.1 Å². The molecular weight excluding hydrogens is 394 g/mol. The maximum absolute atomic E-state index is 13.1. The second-order valence-corrected chi connectivity index (χ2v) is 7.19. The number of benzene rings is 2. The molecule has 0 bridgehead atoms. The van der Waals surface area contributed by atoms with Gasteiger partial charge in [-0.1, -0.05) is 12.1 Å². The van der Waals surface area contributed by atoms with Crippen molar-refractivity contribution in [3.8, 4) is 0 Å². The summed E-state index contributed by atoms with van der Waals surface area (Å²) < 4.78 is 57.1. The Labute approximate surface area is 160 Å². The van der Waals surface area contributed by atoms with Crippen LogP contribution in [0.25, 0.3) is 0 Å². The molecule has 28 heavy (non-hydrogen) atoms. The first-order valence-electron chi connectivity index (χ1n) is 7.85. The molecule has 2 rings (SSSR count). The topological polar surface area (TPSA) is 102 Å². The van der Waals surface area contributed by atoms with E-state index in [1.165, 1.54) is 24.3 Å². The van der Waals surface area contributed by atoms with Crippen LogP contribution < -0.4 is 10.0 Å². The van der Waals surface area contributed by atoms with Gasteiger partial charge in [-0.15, -0.1) is 6.58 Å². The van der Waals surface area contributed by atoms with Gasteiger partial charge in [-0.2, -0.15) is 0 Å². The van der Waals surface area contributed by atoms with Crippen molar-refractivity contribution in [1.82, 2.24) is 4.72 Å². The summed E-state index contributed by atoms with van der Waals surface area (Å²) in [6, 6.07) is 7.81. The predicted octanol–water partition coefficient (Wildman–Crippen LogP) is 2.22. The van der Waals surface area contributed by atoms with E-state index in [9.17, 15) is 26.8 Å². The number of carbonyl (C=O) groups is 2. The van der Waals surface area contributed by atoms with Gasteiger partial charge < -0.3 is 10.1 Å². The minimum Gasteiger partial charge on any atom is -0.452 e. The summed E-state index contributed by atoms with van der Waals surface area (Å²) in [6.45, 7) is 2.71. The van der Waals surface area contributed by atoms with E-state index in [1.54, 1.807) is 0 Å². The van der Waals surface area contributed by atoms with Gasteiger partial charge in [0.2, 0.25) is 10.0 Å². The van der Waals surface area contributed by atoms with Crippen LogP contribution in [0.2, 0.25) is 0 Å². The van der Waals surface area contributed by atoms with Gasteiger partial charge in [-0.05, 0) is 30.3 Å². The molecule has 0 radical (unpaired) electrons. The lowest BCUT2D eigenvalue weighted by atomic mass is 10.2. The minimum atomic E-state index is -3.83. The van der Waals surface area contributed by atoms with E-state index in [0.717, 1.165) is 24.3 Å². The lowest BCUT2D eigenvalue weighted by Gasteiger charge is -2.08. The number of ether oxygens (including phenoxy) is 1. The Hall–Kier alpha value is -3.11. The van der Waals surface area contributed by atoms with E-state index in [4.69, 9.17) is 4.74 Å².